The lowest BCUT2D eigenvalue weighted by molar-refractivity contribution is -0.138. The van der Waals surface area contributed by atoms with Crippen molar-refractivity contribution in [2.75, 3.05) is 11.9 Å². The molecule has 0 saturated carbocycles. The lowest BCUT2D eigenvalue weighted by Crippen LogP contribution is -2.14. The van der Waals surface area contributed by atoms with Crippen LogP contribution in [-0.2, 0) is 14.4 Å². The Labute approximate surface area is 171 Å². The first-order valence-electron chi connectivity index (χ1n) is 10.2. The predicted octanol–water partition coefficient (Wildman–Crippen LogP) is 4.17. The van der Waals surface area contributed by atoms with Gasteiger partial charge in [0.05, 0.1) is 6.61 Å². The monoisotopic (exact) mass is 408 g/mol. The Morgan fingerprint density at radius 2 is 1.45 bits per heavy atom. The molecule has 0 aliphatic rings. The number of amides is 1. The van der Waals surface area contributed by atoms with Crippen LogP contribution >= 0.6 is 0 Å². The van der Waals surface area contributed by atoms with E-state index in [1.54, 1.807) is 12.3 Å². The summed E-state index contributed by atoms with van der Waals surface area (Å²) in [5, 5.41) is 20.0. The molecular weight excluding hydrogens is 376 g/mol. The third kappa shape index (κ3) is 12.4. The van der Waals surface area contributed by atoms with Crippen molar-refractivity contribution in [1.29, 1.82) is 0 Å². The van der Waals surface area contributed by atoms with Crippen molar-refractivity contribution in [1.82, 2.24) is 4.98 Å². The molecule has 0 atom stereocenters. The van der Waals surface area contributed by atoms with E-state index in [4.69, 9.17) is 14.9 Å². The minimum atomic E-state index is -0.871. The van der Waals surface area contributed by atoms with Gasteiger partial charge in [-0.1, -0.05) is 32.1 Å². The summed E-state index contributed by atoms with van der Waals surface area (Å²) in [5.41, 5.74) is 0.889. The number of hydrogen-bond acceptors (Lipinski definition) is 5. The fourth-order valence-electron chi connectivity index (χ4n) is 2.79. The zero-order valence-corrected chi connectivity index (χ0v) is 17.1. The van der Waals surface area contributed by atoms with E-state index in [9.17, 15) is 14.4 Å². The Kier molecular flexibility index (Phi) is 12.1. The number of aromatic nitrogens is 1. The number of ether oxygens (including phenoxy) is 1. The highest BCUT2D eigenvalue weighted by Gasteiger charge is 2.10. The fraction of sp³-hybridized carbons (Fsp3) is 0.619. The maximum absolute atomic E-state index is 12.2. The van der Waals surface area contributed by atoms with Crippen LogP contribution in [-0.4, -0.2) is 39.6 Å². The van der Waals surface area contributed by atoms with Gasteiger partial charge in [0.25, 0.3) is 0 Å². The summed E-state index contributed by atoms with van der Waals surface area (Å²) in [6.07, 6.45) is 9.17. The molecule has 3 N–H and O–H groups in total. The van der Waals surface area contributed by atoms with Crippen molar-refractivity contribution in [3.05, 3.63) is 17.8 Å². The topological polar surface area (TPSA) is 126 Å². The second-order valence-electron chi connectivity index (χ2n) is 7.12. The molecule has 1 amide bonds. The highest BCUT2D eigenvalue weighted by Crippen LogP contribution is 2.23. The number of carboxylic acids is 2. The summed E-state index contributed by atoms with van der Waals surface area (Å²) in [4.78, 5) is 37.4. The second kappa shape index (κ2) is 14.4. The van der Waals surface area contributed by atoms with Crippen molar-refractivity contribution in [3.63, 3.8) is 0 Å². The Morgan fingerprint density at radius 1 is 0.897 bits per heavy atom. The predicted molar refractivity (Wildman–Crippen MR) is 109 cm³/mol. The lowest BCUT2D eigenvalue weighted by Gasteiger charge is -2.12. The summed E-state index contributed by atoms with van der Waals surface area (Å²) < 4.78 is 5.60. The molecule has 0 fully saturated rings. The Morgan fingerprint density at radius 3 is 2.07 bits per heavy atom. The quantitative estimate of drug-likeness (QED) is 0.350. The Balaban J connectivity index is 2.26. The van der Waals surface area contributed by atoms with Crippen molar-refractivity contribution >= 4 is 23.7 Å². The van der Waals surface area contributed by atoms with Gasteiger partial charge in [-0.3, -0.25) is 14.4 Å². The minimum Gasteiger partial charge on any atom is -0.490 e. The number of carboxylic acid groups (broad SMARTS) is 2. The van der Waals surface area contributed by atoms with Crippen LogP contribution in [0.5, 0.6) is 5.75 Å². The molecule has 0 aliphatic heterocycles. The van der Waals surface area contributed by atoms with Gasteiger partial charge in [0.15, 0.2) is 11.6 Å². The smallest absolute Gasteiger partial charge is 0.303 e. The Bertz CT molecular complexity index is 663. The summed E-state index contributed by atoms with van der Waals surface area (Å²) in [7, 11) is 0. The number of aliphatic carboxylic acids is 2. The molecule has 1 aromatic rings. The first-order chi connectivity index (χ1) is 13.9. The summed E-state index contributed by atoms with van der Waals surface area (Å²) in [5.74, 6) is -0.935. The number of unbranched alkanes of at least 4 members (excludes halogenated alkanes) is 6. The van der Waals surface area contributed by atoms with Gasteiger partial charge in [-0.2, -0.15) is 0 Å². The van der Waals surface area contributed by atoms with Crippen molar-refractivity contribution in [3.8, 4) is 5.75 Å². The number of rotatable bonds is 16. The van der Waals surface area contributed by atoms with Crippen LogP contribution < -0.4 is 10.1 Å². The van der Waals surface area contributed by atoms with E-state index in [1.807, 2.05) is 6.92 Å². The number of pyridine rings is 1. The van der Waals surface area contributed by atoms with Crippen molar-refractivity contribution in [2.45, 2.75) is 77.6 Å². The second-order valence-corrected chi connectivity index (χ2v) is 7.12. The largest absolute Gasteiger partial charge is 0.490 e. The first kappa shape index (κ1) is 24.4. The lowest BCUT2D eigenvalue weighted by atomic mass is 10.1. The number of aryl methyl sites for hydroxylation is 1. The van der Waals surface area contributed by atoms with Crippen LogP contribution in [0.4, 0.5) is 5.82 Å². The molecule has 0 aliphatic carbocycles. The number of nitrogens with one attached hydrogen (secondary N) is 1. The van der Waals surface area contributed by atoms with Gasteiger partial charge in [-0.05, 0) is 37.8 Å². The van der Waals surface area contributed by atoms with E-state index >= 15 is 0 Å². The van der Waals surface area contributed by atoms with E-state index in [2.05, 4.69) is 10.3 Å². The summed E-state index contributed by atoms with van der Waals surface area (Å²) >= 11 is 0. The summed E-state index contributed by atoms with van der Waals surface area (Å²) in [6, 6.07) is 1.77. The zero-order chi connectivity index (χ0) is 21.5. The van der Waals surface area contributed by atoms with E-state index in [0.29, 0.717) is 24.4 Å². The highest BCUT2D eigenvalue weighted by atomic mass is 16.5. The van der Waals surface area contributed by atoms with E-state index in [0.717, 1.165) is 50.5 Å². The van der Waals surface area contributed by atoms with E-state index in [-0.39, 0.29) is 25.4 Å². The van der Waals surface area contributed by atoms with Crippen molar-refractivity contribution in [2.24, 2.45) is 0 Å². The number of hydrogen-bond donors (Lipinski definition) is 3. The molecule has 1 aromatic heterocycles. The fourth-order valence-corrected chi connectivity index (χ4v) is 2.79. The van der Waals surface area contributed by atoms with Crippen LogP contribution in [0.3, 0.4) is 0 Å². The molecule has 0 unspecified atom stereocenters. The summed E-state index contributed by atoms with van der Waals surface area (Å²) in [6.45, 7) is 2.11. The third-order valence-corrected chi connectivity index (χ3v) is 4.33. The van der Waals surface area contributed by atoms with Gasteiger partial charge in [-0.25, -0.2) is 4.98 Å². The van der Waals surface area contributed by atoms with Gasteiger partial charge in [0, 0.05) is 25.5 Å². The molecule has 1 rings (SSSR count). The molecule has 29 heavy (non-hydrogen) atoms. The maximum atomic E-state index is 12.2. The van der Waals surface area contributed by atoms with E-state index in [1.165, 1.54) is 0 Å². The van der Waals surface area contributed by atoms with Crippen LogP contribution in [0, 0.1) is 6.92 Å². The van der Waals surface area contributed by atoms with Crippen LogP contribution in [0.25, 0.3) is 0 Å². The molecule has 0 radical (unpaired) electrons. The van der Waals surface area contributed by atoms with Gasteiger partial charge in [-0.15, -0.1) is 0 Å². The van der Waals surface area contributed by atoms with E-state index < -0.39 is 11.9 Å². The third-order valence-electron chi connectivity index (χ3n) is 4.33. The molecular formula is C21H32N2O6. The van der Waals surface area contributed by atoms with Crippen molar-refractivity contribution < 1.29 is 29.3 Å². The number of anilines is 1. The first-order valence-corrected chi connectivity index (χ1v) is 10.2. The molecule has 1 heterocycles. The minimum absolute atomic E-state index is 0.0283. The molecule has 0 bridgehead atoms. The maximum Gasteiger partial charge on any atom is 0.303 e. The van der Waals surface area contributed by atoms with Crippen LogP contribution in [0.2, 0.25) is 0 Å². The molecule has 0 aromatic carbocycles. The number of carbonyl (C=O) groups is 3. The average molecular weight is 408 g/mol. The number of nitrogens with zero attached hydrogens (tertiary/aromatic N) is 1. The van der Waals surface area contributed by atoms with Gasteiger partial charge >= 0.3 is 11.9 Å². The van der Waals surface area contributed by atoms with Gasteiger partial charge in [0.2, 0.25) is 5.91 Å². The van der Waals surface area contributed by atoms with Crippen LogP contribution in [0.1, 0.15) is 76.2 Å². The molecule has 0 spiro atoms. The Hall–Kier alpha value is -2.64. The van der Waals surface area contributed by atoms with Crippen LogP contribution in [0.15, 0.2) is 12.3 Å². The van der Waals surface area contributed by atoms with Gasteiger partial charge in [0.1, 0.15) is 0 Å². The SMILES string of the molecule is Cc1cnc(NC(=O)CCCCCCCCCC(=O)O)c(OCCCC(=O)O)c1. The molecule has 0 saturated heterocycles. The average Bonchev–Trinajstić information content (AvgIpc) is 2.65. The zero-order valence-electron chi connectivity index (χ0n) is 17.1. The standard InChI is InChI=1S/C21H32N2O6/c1-16-14-17(29-13-9-12-20(27)28)21(22-15-16)23-18(24)10-7-5-3-2-4-6-8-11-19(25)26/h14-15H,2-13H2,1H3,(H,25,26)(H,27,28)(H,22,23,24). The molecule has 162 valence electrons. The molecule has 8 heteroatoms. The highest BCUT2D eigenvalue weighted by molar-refractivity contribution is 5.91. The van der Waals surface area contributed by atoms with Gasteiger partial charge < -0.3 is 20.3 Å². The number of carbonyl (C=O) groups excluding carboxylic acids is 1. The molecule has 8 nitrogen and oxygen atoms in total. The normalized spacial score (nSPS) is 10.5.